The number of hydrogen-bond acceptors (Lipinski definition) is 4. The molecule has 0 saturated heterocycles. The van der Waals surface area contributed by atoms with Crippen LogP contribution in [0.25, 0.3) is 11.0 Å². The largest absolute Gasteiger partial charge is 0.494 e. The molecule has 0 aliphatic heterocycles. The van der Waals surface area contributed by atoms with Gasteiger partial charge >= 0.3 is 12.0 Å². The Balaban J connectivity index is 1.48. The minimum absolute atomic E-state index is 0.0588. The minimum atomic E-state index is -0.774. The molecule has 4 rings (SSSR count). The number of unbranched alkanes of at least 4 members (excludes halogenated alkanes) is 1. The molecule has 2 aromatic carbocycles. The Morgan fingerprint density at radius 2 is 1.90 bits per heavy atom. The number of fused-ring (bicyclic) bond motifs is 1. The van der Waals surface area contributed by atoms with Gasteiger partial charge in [0.25, 0.3) is 0 Å². The normalized spacial score (nSPS) is 14.7. The van der Waals surface area contributed by atoms with Crippen molar-refractivity contribution in [1.82, 2.24) is 14.9 Å². The van der Waals surface area contributed by atoms with Crippen molar-refractivity contribution in [2.45, 2.75) is 90.6 Å². The number of nitrogens with zero attached hydrogens (tertiary/aromatic N) is 3. The topological polar surface area (TPSA) is 96.7 Å². The molecule has 8 nitrogen and oxygen atoms in total. The summed E-state index contributed by atoms with van der Waals surface area (Å²) in [6.45, 7) is 5.28. The predicted octanol–water partition coefficient (Wildman–Crippen LogP) is 6.79. The second kappa shape index (κ2) is 14.2. The van der Waals surface area contributed by atoms with Gasteiger partial charge in [0.05, 0.1) is 17.6 Å². The zero-order valence-corrected chi connectivity index (χ0v) is 24.2. The number of carboxylic acids is 1. The quantitative estimate of drug-likeness (QED) is 0.245. The van der Waals surface area contributed by atoms with Crippen molar-refractivity contribution in [1.29, 1.82) is 0 Å². The Morgan fingerprint density at radius 1 is 1.15 bits per heavy atom. The fourth-order valence-electron chi connectivity index (χ4n) is 5.36. The molecule has 1 atom stereocenters. The van der Waals surface area contributed by atoms with E-state index in [0.717, 1.165) is 66.0 Å². The molecule has 0 spiro atoms. The van der Waals surface area contributed by atoms with Gasteiger partial charge in [0.1, 0.15) is 11.6 Å². The molecule has 1 fully saturated rings. The van der Waals surface area contributed by atoms with Crippen molar-refractivity contribution >= 4 is 28.7 Å². The molecule has 1 saturated carbocycles. The summed E-state index contributed by atoms with van der Waals surface area (Å²) in [5, 5.41) is 12.1. The van der Waals surface area contributed by atoms with Gasteiger partial charge in [-0.2, -0.15) is 0 Å². The van der Waals surface area contributed by atoms with E-state index in [-0.39, 0.29) is 24.4 Å². The third kappa shape index (κ3) is 7.99. The number of benzene rings is 2. The van der Waals surface area contributed by atoms with E-state index in [2.05, 4.69) is 35.0 Å². The number of aromatic nitrogens is 2. The molecule has 1 heterocycles. The highest BCUT2D eigenvalue weighted by molar-refractivity contribution is 5.94. The van der Waals surface area contributed by atoms with Gasteiger partial charge < -0.3 is 19.7 Å². The van der Waals surface area contributed by atoms with Crippen LogP contribution < -0.4 is 15.0 Å². The van der Waals surface area contributed by atoms with E-state index in [0.29, 0.717) is 19.6 Å². The second-order valence-electron chi connectivity index (χ2n) is 11.2. The first-order valence-electron chi connectivity index (χ1n) is 14.8. The van der Waals surface area contributed by atoms with Crippen LogP contribution in [-0.4, -0.2) is 46.4 Å². The van der Waals surface area contributed by atoms with E-state index >= 15 is 0 Å². The average molecular weight is 549 g/mol. The number of amides is 2. The Hall–Kier alpha value is -3.55. The second-order valence-corrected chi connectivity index (χ2v) is 11.2. The first kappa shape index (κ1) is 29.4. The maximum atomic E-state index is 13.0. The van der Waals surface area contributed by atoms with E-state index in [4.69, 9.17) is 14.8 Å². The number of hydrogen-bond donors (Lipinski definition) is 2. The number of imidazole rings is 1. The third-order valence-corrected chi connectivity index (χ3v) is 7.86. The summed E-state index contributed by atoms with van der Waals surface area (Å²) in [7, 11) is 1.83. The summed E-state index contributed by atoms with van der Waals surface area (Å²) in [5.41, 5.74) is 3.95. The van der Waals surface area contributed by atoms with Crippen LogP contribution in [0.2, 0.25) is 0 Å². The van der Waals surface area contributed by atoms with E-state index in [1.807, 2.05) is 38.2 Å². The maximum Gasteiger partial charge on any atom is 0.321 e. The number of rotatable bonds is 13. The van der Waals surface area contributed by atoms with E-state index in [9.17, 15) is 9.59 Å². The number of carboxylic acid groups (broad SMARTS) is 1. The number of anilines is 1. The van der Waals surface area contributed by atoms with E-state index < -0.39 is 5.97 Å². The Bertz CT molecular complexity index is 1260. The van der Waals surface area contributed by atoms with Crippen molar-refractivity contribution in [3.05, 3.63) is 53.9 Å². The lowest BCUT2D eigenvalue weighted by molar-refractivity contribution is -0.138. The number of aryl methyl sites for hydroxylation is 1. The molecule has 1 aromatic heterocycles. The Morgan fingerprint density at radius 3 is 2.60 bits per heavy atom. The Labute approximate surface area is 237 Å². The van der Waals surface area contributed by atoms with Crippen molar-refractivity contribution < 1.29 is 19.4 Å². The van der Waals surface area contributed by atoms with Crippen LogP contribution in [0.5, 0.6) is 5.75 Å². The fourth-order valence-corrected chi connectivity index (χ4v) is 5.36. The first-order chi connectivity index (χ1) is 19.3. The highest BCUT2D eigenvalue weighted by Gasteiger charge is 2.20. The third-order valence-electron chi connectivity index (χ3n) is 7.86. The summed E-state index contributed by atoms with van der Waals surface area (Å²) >= 11 is 0. The van der Waals surface area contributed by atoms with Gasteiger partial charge in [0.2, 0.25) is 0 Å². The molecule has 216 valence electrons. The number of ether oxygens (including phenoxy) is 1. The molecule has 3 aromatic rings. The lowest BCUT2D eigenvalue weighted by Gasteiger charge is -2.26. The van der Waals surface area contributed by atoms with Gasteiger partial charge in [-0.3, -0.25) is 9.69 Å². The molecule has 2 N–H and O–H groups in total. The van der Waals surface area contributed by atoms with Crippen LogP contribution in [0.4, 0.5) is 10.5 Å². The van der Waals surface area contributed by atoms with Gasteiger partial charge in [-0.1, -0.05) is 51.7 Å². The Kier molecular flexibility index (Phi) is 10.4. The van der Waals surface area contributed by atoms with Crippen molar-refractivity contribution in [3.8, 4) is 5.75 Å². The van der Waals surface area contributed by atoms with Crippen LogP contribution >= 0.6 is 0 Å². The van der Waals surface area contributed by atoms with Crippen LogP contribution in [0.3, 0.4) is 0 Å². The summed E-state index contributed by atoms with van der Waals surface area (Å²) in [6, 6.07) is 14.4. The summed E-state index contributed by atoms with van der Waals surface area (Å²) < 4.78 is 8.13. The standard InChI is InChI=1S/C32H44N4O4/c1-4-5-11-30-34-28-17-14-26(35(3)32(39)33-25-9-7-6-8-10-25)21-29(28)36(30)22-24-12-15-27(16-13-24)40-19-18-23(2)20-31(37)38/h12-17,21,23,25H,4-11,18-20,22H2,1-3H3,(H,33,39)(H,37,38). The molecular weight excluding hydrogens is 504 g/mol. The van der Waals surface area contributed by atoms with Crippen molar-refractivity contribution in [3.63, 3.8) is 0 Å². The van der Waals surface area contributed by atoms with E-state index in [1.165, 1.54) is 19.3 Å². The summed E-state index contributed by atoms with van der Waals surface area (Å²) in [5.74, 6) is 1.13. The number of carbonyl (C=O) groups is 2. The SMILES string of the molecule is CCCCc1nc2ccc(N(C)C(=O)NC3CCCCC3)cc2n1Cc1ccc(OCCC(C)CC(=O)O)cc1. The van der Waals surface area contributed by atoms with Crippen molar-refractivity contribution in [2.24, 2.45) is 5.92 Å². The highest BCUT2D eigenvalue weighted by Crippen LogP contribution is 2.26. The smallest absolute Gasteiger partial charge is 0.321 e. The zero-order valence-electron chi connectivity index (χ0n) is 24.2. The van der Waals surface area contributed by atoms with Gasteiger partial charge in [0, 0.05) is 38.2 Å². The molecular formula is C32H44N4O4. The van der Waals surface area contributed by atoms with Crippen LogP contribution in [0.15, 0.2) is 42.5 Å². The fraction of sp³-hybridized carbons (Fsp3) is 0.531. The molecule has 2 amide bonds. The summed E-state index contributed by atoms with van der Waals surface area (Å²) in [4.78, 5) is 30.5. The lowest BCUT2D eigenvalue weighted by Crippen LogP contribution is -2.43. The summed E-state index contributed by atoms with van der Waals surface area (Å²) in [6.07, 6.45) is 9.64. The van der Waals surface area contributed by atoms with Crippen molar-refractivity contribution in [2.75, 3.05) is 18.6 Å². The molecule has 0 radical (unpaired) electrons. The molecule has 0 bridgehead atoms. The van der Waals surface area contributed by atoms with Crippen LogP contribution in [0, 0.1) is 5.92 Å². The monoisotopic (exact) mass is 548 g/mol. The van der Waals surface area contributed by atoms with Gasteiger partial charge in [-0.05, 0) is 67.5 Å². The average Bonchev–Trinajstić information content (AvgIpc) is 3.28. The molecule has 8 heteroatoms. The van der Waals surface area contributed by atoms with Gasteiger partial charge in [0.15, 0.2) is 0 Å². The van der Waals surface area contributed by atoms with Gasteiger partial charge in [-0.25, -0.2) is 9.78 Å². The van der Waals surface area contributed by atoms with Gasteiger partial charge in [-0.15, -0.1) is 0 Å². The maximum absolute atomic E-state index is 13.0. The number of aliphatic carboxylic acids is 1. The minimum Gasteiger partial charge on any atom is -0.494 e. The number of carbonyl (C=O) groups excluding carboxylic acids is 1. The van der Waals surface area contributed by atoms with E-state index in [1.54, 1.807) is 4.90 Å². The number of urea groups is 1. The lowest BCUT2D eigenvalue weighted by atomic mass is 9.96. The first-order valence-corrected chi connectivity index (χ1v) is 14.8. The number of nitrogens with one attached hydrogen (secondary N) is 1. The molecule has 40 heavy (non-hydrogen) atoms. The molecule has 1 aliphatic carbocycles. The molecule has 1 aliphatic rings. The predicted molar refractivity (Wildman–Crippen MR) is 159 cm³/mol. The molecule has 1 unspecified atom stereocenters. The zero-order chi connectivity index (χ0) is 28.5. The van der Waals surface area contributed by atoms with Crippen LogP contribution in [-0.2, 0) is 17.8 Å². The van der Waals surface area contributed by atoms with Crippen LogP contribution in [0.1, 0.15) is 83.0 Å². The highest BCUT2D eigenvalue weighted by atomic mass is 16.5.